The normalized spacial score (nSPS) is 12.5. The lowest BCUT2D eigenvalue weighted by molar-refractivity contribution is 0.935. The van der Waals surface area contributed by atoms with Crippen molar-refractivity contribution in [3.8, 4) is 0 Å². The molecule has 0 amide bonds. The maximum Gasteiger partial charge on any atom is 0.0548 e. The number of halogens is 3. The van der Waals surface area contributed by atoms with Gasteiger partial charge < -0.3 is 0 Å². The van der Waals surface area contributed by atoms with E-state index in [1.54, 1.807) is 0 Å². The first-order valence-corrected chi connectivity index (χ1v) is 8.21. The molecule has 0 fully saturated rings. The van der Waals surface area contributed by atoms with Crippen molar-refractivity contribution in [3.05, 3.63) is 68.1 Å². The summed E-state index contributed by atoms with van der Waals surface area (Å²) in [5.41, 5.74) is 5.26. The van der Waals surface area contributed by atoms with Gasteiger partial charge in [0.15, 0.2) is 0 Å². The lowest BCUT2D eigenvalue weighted by Gasteiger charge is -2.14. The van der Waals surface area contributed by atoms with Crippen molar-refractivity contribution in [2.24, 2.45) is 0 Å². The van der Waals surface area contributed by atoms with Crippen LogP contribution in [0.5, 0.6) is 0 Å². The molecule has 2 aromatic carbocycles. The van der Waals surface area contributed by atoms with Crippen LogP contribution in [0.25, 0.3) is 0 Å². The Kier molecular flexibility index (Phi) is 5.10. The van der Waals surface area contributed by atoms with Crippen LogP contribution in [0, 0.1) is 13.8 Å². The first-order valence-electron chi connectivity index (χ1n) is 6.12. The number of hydrogen-bond acceptors (Lipinski definition) is 0. The predicted octanol–water partition coefficient (Wildman–Crippen LogP) is 6.40. The van der Waals surface area contributed by atoms with E-state index in [2.05, 4.69) is 76.0 Å². The van der Waals surface area contributed by atoms with Crippen LogP contribution in [0.3, 0.4) is 0 Å². The molecule has 1 unspecified atom stereocenters. The second-order valence-electron chi connectivity index (χ2n) is 4.78. The van der Waals surface area contributed by atoms with Crippen LogP contribution in [0.15, 0.2) is 40.9 Å². The Balaban J connectivity index is 2.22. The molecule has 0 aromatic heterocycles. The molecule has 0 nitrogen and oxygen atoms in total. The molecule has 0 heterocycles. The molecule has 0 saturated carbocycles. The van der Waals surface area contributed by atoms with E-state index in [9.17, 15) is 0 Å². The minimum absolute atomic E-state index is 0.293. The topological polar surface area (TPSA) is 0 Å². The average molecular weight is 403 g/mol. The molecular formula is C16H15Br2Cl. The van der Waals surface area contributed by atoms with Gasteiger partial charge in [-0.2, -0.15) is 0 Å². The molecular weight excluding hydrogens is 387 g/mol. The van der Waals surface area contributed by atoms with Gasteiger partial charge in [-0.25, -0.2) is 0 Å². The van der Waals surface area contributed by atoms with Crippen LogP contribution in [-0.4, -0.2) is 0 Å². The van der Waals surface area contributed by atoms with Gasteiger partial charge in [0.1, 0.15) is 0 Å². The summed E-state index contributed by atoms with van der Waals surface area (Å²) in [4.78, 5) is 0.293. The molecule has 0 saturated heterocycles. The van der Waals surface area contributed by atoms with Gasteiger partial charge in [0, 0.05) is 9.30 Å². The molecule has 3 heteroatoms. The van der Waals surface area contributed by atoms with Gasteiger partial charge in [0.05, 0.1) is 5.02 Å². The van der Waals surface area contributed by atoms with E-state index in [0.29, 0.717) is 4.83 Å². The molecule has 0 aliphatic heterocycles. The third-order valence-corrected chi connectivity index (χ3v) is 5.28. The largest absolute Gasteiger partial charge is 0.0835 e. The fourth-order valence-corrected chi connectivity index (χ4v) is 3.19. The molecule has 0 aliphatic rings. The van der Waals surface area contributed by atoms with Crippen molar-refractivity contribution in [3.63, 3.8) is 0 Å². The number of hydrogen-bond donors (Lipinski definition) is 0. The van der Waals surface area contributed by atoms with E-state index in [1.165, 1.54) is 22.3 Å². The Bertz CT molecular complexity index is 593. The fraction of sp³-hybridized carbons (Fsp3) is 0.250. The lowest BCUT2D eigenvalue weighted by atomic mass is 9.99. The Morgan fingerprint density at radius 3 is 2.53 bits per heavy atom. The second-order valence-corrected chi connectivity index (χ2v) is 7.14. The van der Waals surface area contributed by atoms with Gasteiger partial charge in [-0.1, -0.05) is 57.4 Å². The van der Waals surface area contributed by atoms with Gasteiger partial charge in [0.25, 0.3) is 0 Å². The number of benzene rings is 2. The van der Waals surface area contributed by atoms with Gasteiger partial charge in [-0.3, -0.25) is 0 Å². The van der Waals surface area contributed by atoms with Crippen molar-refractivity contribution < 1.29 is 0 Å². The minimum atomic E-state index is 0.293. The van der Waals surface area contributed by atoms with E-state index in [0.717, 1.165) is 15.9 Å². The monoisotopic (exact) mass is 400 g/mol. The van der Waals surface area contributed by atoms with E-state index < -0.39 is 0 Å². The number of alkyl halides is 1. The summed E-state index contributed by atoms with van der Waals surface area (Å²) in [6.45, 7) is 4.29. The number of rotatable bonds is 3. The maximum absolute atomic E-state index is 6.03. The summed E-state index contributed by atoms with van der Waals surface area (Å²) in [5.74, 6) is 0. The zero-order valence-electron chi connectivity index (χ0n) is 10.9. The van der Waals surface area contributed by atoms with E-state index in [-0.39, 0.29) is 0 Å². The summed E-state index contributed by atoms with van der Waals surface area (Å²) < 4.78 is 0.942. The summed E-state index contributed by atoms with van der Waals surface area (Å²) >= 11 is 13.3. The highest BCUT2D eigenvalue weighted by atomic mass is 79.9. The summed E-state index contributed by atoms with van der Waals surface area (Å²) in [5, 5.41) is 0.746. The van der Waals surface area contributed by atoms with Gasteiger partial charge >= 0.3 is 0 Å². The summed E-state index contributed by atoms with van der Waals surface area (Å²) in [6.07, 6.45) is 0.974. The predicted molar refractivity (Wildman–Crippen MR) is 90.4 cm³/mol. The van der Waals surface area contributed by atoms with Gasteiger partial charge in [0.2, 0.25) is 0 Å². The van der Waals surface area contributed by atoms with E-state index in [4.69, 9.17) is 11.6 Å². The molecule has 0 bridgehead atoms. The second kappa shape index (κ2) is 6.43. The summed E-state index contributed by atoms with van der Waals surface area (Å²) in [7, 11) is 0. The zero-order valence-corrected chi connectivity index (χ0v) is 14.8. The molecule has 2 aromatic rings. The Hall–Kier alpha value is -0.310. The van der Waals surface area contributed by atoms with E-state index in [1.807, 2.05) is 6.07 Å². The van der Waals surface area contributed by atoms with Crippen LogP contribution in [0.1, 0.15) is 27.1 Å². The highest BCUT2D eigenvalue weighted by Gasteiger charge is 2.11. The molecule has 2 rings (SSSR count). The highest BCUT2D eigenvalue weighted by Crippen LogP contribution is 2.32. The van der Waals surface area contributed by atoms with E-state index >= 15 is 0 Å². The van der Waals surface area contributed by atoms with Crippen LogP contribution < -0.4 is 0 Å². The third kappa shape index (κ3) is 3.84. The summed E-state index contributed by atoms with van der Waals surface area (Å²) in [6, 6.07) is 12.7. The zero-order chi connectivity index (χ0) is 14.0. The Morgan fingerprint density at radius 1 is 1.11 bits per heavy atom. The Labute approximate surface area is 136 Å². The van der Waals surface area contributed by atoms with Crippen molar-refractivity contribution in [1.82, 2.24) is 0 Å². The Morgan fingerprint density at radius 2 is 1.84 bits per heavy atom. The molecule has 100 valence electrons. The quantitative estimate of drug-likeness (QED) is 0.521. The van der Waals surface area contributed by atoms with Crippen molar-refractivity contribution in [2.75, 3.05) is 0 Å². The fourth-order valence-electron chi connectivity index (χ4n) is 2.04. The van der Waals surface area contributed by atoms with Gasteiger partial charge in [-0.15, -0.1) is 0 Å². The average Bonchev–Trinajstić information content (AvgIpc) is 2.37. The number of aryl methyl sites for hydroxylation is 2. The van der Waals surface area contributed by atoms with Crippen molar-refractivity contribution >= 4 is 43.5 Å². The molecule has 0 aliphatic carbocycles. The highest BCUT2D eigenvalue weighted by molar-refractivity contribution is 9.10. The first kappa shape index (κ1) is 15.1. The molecule has 0 spiro atoms. The smallest absolute Gasteiger partial charge is 0.0548 e. The standard InChI is InChI=1S/C16H15Br2Cl/c1-10-3-4-11(2)13(7-10)9-14(17)12-5-6-16(19)15(18)8-12/h3-8,14H,9H2,1-2H3. The van der Waals surface area contributed by atoms with Crippen LogP contribution in [-0.2, 0) is 6.42 Å². The van der Waals surface area contributed by atoms with Crippen LogP contribution in [0.4, 0.5) is 0 Å². The maximum atomic E-state index is 6.03. The molecule has 19 heavy (non-hydrogen) atoms. The van der Waals surface area contributed by atoms with Crippen molar-refractivity contribution in [2.45, 2.75) is 25.1 Å². The molecule has 0 radical (unpaired) electrons. The minimum Gasteiger partial charge on any atom is -0.0835 e. The SMILES string of the molecule is Cc1ccc(C)c(CC(Br)c2ccc(Cl)c(Br)c2)c1. The van der Waals surface area contributed by atoms with Crippen LogP contribution >= 0.6 is 43.5 Å². The third-order valence-electron chi connectivity index (χ3n) is 3.21. The first-order chi connectivity index (χ1) is 8.97. The molecule has 1 atom stereocenters. The van der Waals surface area contributed by atoms with Gasteiger partial charge in [-0.05, 0) is 65.0 Å². The molecule has 0 N–H and O–H groups in total. The lowest BCUT2D eigenvalue weighted by Crippen LogP contribution is -1.98. The van der Waals surface area contributed by atoms with Crippen molar-refractivity contribution in [1.29, 1.82) is 0 Å². The van der Waals surface area contributed by atoms with Crippen LogP contribution in [0.2, 0.25) is 5.02 Å².